The van der Waals surface area contributed by atoms with E-state index in [4.69, 9.17) is 16.3 Å². The predicted octanol–water partition coefficient (Wildman–Crippen LogP) is 1.76. The molecule has 0 aliphatic carbocycles. The van der Waals surface area contributed by atoms with Gasteiger partial charge >= 0.3 is 17.9 Å². The van der Waals surface area contributed by atoms with E-state index in [0.29, 0.717) is 15.9 Å². The molecule has 0 spiro atoms. The van der Waals surface area contributed by atoms with Crippen molar-refractivity contribution in [1.29, 1.82) is 0 Å². The smallest absolute Gasteiger partial charge is 0.434 e. The Labute approximate surface area is 122 Å². The standard InChI is InChI=1S/C12H9ClN4O4/c1-2-20-12(19)21-10-15-9-7-5-6(13)3-4-8(7)14-11(18)17(9)16-10/h3-5H,2H2,1H3,(H,14,18). The number of H-pyrrole nitrogens is 1. The Morgan fingerprint density at radius 2 is 2.29 bits per heavy atom. The number of ether oxygens (including phenoxy) is 2. The van der Waals surface area contributed by atoms with Crippen LogP contribution in [0, 0.1) is 0 Å². The highest BCUT2D eigenvalue weighted by atomic mass is 35.5. The van der Waals surface area contributed by atoms with Crippen molar-refractivity contribution in [2.45, 2.75) is 6.92 Å². The second kappa shape index (κ2) is 5.06. The maximum Gasteiger partial charge on any atom is 0.516 e. The number of nitrogens with zero attached hydrogens (tertiary/aromatic N) is 3. The Kier molecular flexibility index (Phi) is 3.22. The van der Waals surface area contributed by atoms with Gasteiger partial charge < -0.3 is 14.5 Å². The van der Waals surface area contributed by atoms with Gasteiger partial charge in [0.2, 0.25) is 0 Å². The van der Waals surface area contributed by atoms with E-state index in [2.05, 4.69) is 19.8 Å². The van der Waals surface area contributed by atoms with Crippen LogP contribution in [0.3, 0.4) is 0 Å². The lowest BCUT2D eigenvalue weighted by atomic mass is 10.2. The van der Waals surface area contributed by atoms with Crippen molar-refractivity contribution < 1.29 is 14.3 Å². The first-order valence-corrected chi connectivity index (χ1v) is 6.39. The molecule has 8 nitrogen and oxygen atoms in total. The zero-order valence-corrected chi connectivity index (χ0v) is 11.5. The van der Waals surface area contributed by atoms with Crippen molar-refractivity contribution >= 4 is 34.3 Å². The molecule has 1 aromatic carbocycles. The molecule has 9 heteroatoms. The summed E-state index contributed by atoms with van der Waals surface area (Å²) in [6, 6.07) is 4.65. The molecule has 0 bridgehead atoms. The summed E-state index contributed by atoms with van der Waals surface area (Å²) < 4.78 is 10.4. The van der Waals surface area contributed by atoms with Gasteiger partial charge in [-0.3, -0.25) is 0 Å². The van der Waals surface area contributed by atoms with Crippen molar-refractivity contribution in [1.82, 2.24) is 19.6 Å². The van der Waals surface area contributed by atoms with E-state index in [1.165, 1.54) is 0 Å². The Hall–Kier alpha value is -2.61. The molecule has 0 aliphatic rings. The Morgan fingerprint density at radius 1 is 1.48 bits per heavy atom. The first-order valence-electron chi connectivity index (χ1n) is 6.01. The van der Waals surface area contributed by atoms with E-state index in [9.17, 15) is 9.59 Å². The third kappa shape index (κ3) is 2.40. The van der Waals surface area contributed by atoms with Crippen LogP contribution >= 0.6 is 11.6 Å². The fraction of sp³-hybridized carbons (Fsp3) is 0.167. The molecule has 1 N–H and O–H groups in total. The van der Waals surface area contributed by atoms with E-state index in [1.807, 2.05) is 0 Å². The highest BCUT2D eigenvalue weighted by Gasteiger charge is 2.15. The first-order chi connectivity index (χ1) is 10.1. The SMILES string of the molecule is CCOC(=O)Oc1nc2c3cc(Cl)ccc3[nH]c(=O)n2n1. The van der Waals surface area contributed by atoms with Crippen LogP contribution in [0.25, 0.3) is 16.6 Å². The van der Waals surface area contributed by atoms with E-state index in [0.717, 1.165) is 4.52 Å². The third-order valence-electron chi connectivity index (χ3n) is 2.68. The number of benzene rings is 1. The lowest BCUT2D eigenvalue weighted by Crippen LogP contribution is -2.17. The summed E-state index contributed by atoms with van der Waals surface area (Å²) in [4.78, 5) is 29.8. The molecule has 0 aliphatic heterocycles. The monoisotopic (exact) mass is 308 g/mol. The molecule has 0 radical (unpaired) electrons. The second-order valence-electron chi connectivity index (χ2n) is 4.03. The van der Waals surface area contributed by atoms with Gasteiger partial charge in [-0.15, -0.1) is 5.10 Å². The van der Waals surface area contributed by atoms with Gasteiger partial charge in [0.25, 0.3) is 0 Å². The lowest BCUT2D eigenvalue weighted by Gasteiger charge is -1.99. The zero-order valence-electron chi connectivity index (χ0n) is 10.8. The largest absolute Gasteiger partial charge is 0.516 e. The van der Waals surface area contributed by atoms with Crippen LogP contribution < -0.4 is 10.4 Å². The predicted molar refractivity (Wildman–Crippen MR) is 73.8 cm³/mol. The normalized spacial score (nSPS) is 11.0. The highest BCUT2D eigenvalue weighted by molar-refractivity contribution is 6.31. The van der Waals surface area contributed by atoms with Gasteiger partial charge in [0.1, 0.15) is 0 Å². The summed E-state index contributed by atoms with van der Waals surface area (Å²) in [6.45, 7) is 1.80. The molecule has 0 amide bonds. The molecular weight excluding hydrogens is 300 g/mol. The summed E-state index contributed by atoms with van der Waals surface area (Å²) in [5, 5.41) is 4.87. The molecule has 21 heavy (non-hydrogen) atoms. The molecule has 0 unspecified atom stereocenters. The minimum atomic E-state index is -0.938. The van der Waals surface area contributed by atoms with E-state index < -0.39 is 11.8 Å². The molecule has 0 atom stereocenters. The van der Waals surface area contributed by atoms with Crippen LogP contribution in [0.5, 0.6) is 6.01 Å². The van der Waals surface area contributed by atoms with E-state index in [1.54, 1.807) is 25.1 Å². The van der Waals surface area contributed by atoms with E-state index in [-0.39, 0.29) is 18.3 Å². The van der Waals surface area contributed by atoms with Crippen LogP contribution in [0.15, 0.2) is 23.0 Å². The molecule has 2 aromatic heterocycles. The van der Waals surface area contributed by atoms with Crippen molar-refractivity contribution in [3.8, 4) is 6.01 Å². The molecule has 108 valence electrons. The number of hydrogen-bond donors (Lipinski definition) is 1. The number of aromatic nitrogens is 4. The fourth-order valence-electron chi connectivity index (χ4n) is 1.85. The fourth-order valence-corrected chi connectivity index (χ4v) is 2.02. The maximum absolute atomic E-state index is 11.9. The van der Waals surface area contributed by atoms with Crippen LogP contribution in [0.4, 0.5) is 4.79 Å². The number of halogens is 1. The summed E-state index contributed by atoms with van der Waals surface area (Å²) in [6.07, 6.45) is -0.938. The van der Waals surface area contributed by atoms with Crippen molar-refractivity contribution in [2.75, 3.05) is 6.61 Å². The summed E-state index contributed by atoms with van der Waals surface area (Å²) in [5.74, 6) is 0. The molecule has 0 fully saturated rings. The van der Waals surface area contributed by atoms with Crippen molar-refractivity contribution in [3.05, 3.63) is 33.7 Å². The number of carbonyl (C=O) groups excluding carboxylic acids is 1. The van der Waals surface area contributed by atoms with Gasteiger partial charge in [-0.1, -0.05) is 11.6 Å². The average molecular weight is 309 g/mol. The average Bonchev–Trinajstić information content (AvgIpc) is 2.84. The van der Waals surface area contributed by atoms with Crippen LogP contribution in [-0.2, 0) is 4.74 Å². The van der Waals surface area contributed by atoms with Crippen LogP contribution in [0.1, 0.15) is 6.92 Å². The van der Waals surface area contributed by atoms with Gasteiger partial charge in [0.05, 0.1) is 12.1 Å². The third-order valence-corrected chi connectivity index (χ3v) is 2.92. The van der Waals surface area contributed by atoms with Gasteiger partial charge in [-0.2, -0.15) is 9.50 Å². The van der Waals surface area contributed by atoms with E-state index >= 15 is 0 Å². The molecule has 3 aromatic rings. The second-order valence-corrected chi connectivity index (χ2v) is 4.47. The van der Waals surface area contributed by atoms with Gasteiger partial charge in [0, 0.05) is 10.4 Å². The molecular formula is C12H9ClN4O4. The van der Waals surface area contributed by atoms with Crippen LogP contribution in [0.2, 0.25) is 5.02 Å². The van der Waals surface area contributed by atoms with Gasteiger partial charge in [0.15, 0.2) is 5.65 Å². The molecule has 3 rings (SSSR count). The number of carbonyl (C=O) groups is 1. The minimum absolute atomic E-state index is 0.158. The zero-order chi connectivity index (χ0) is 15.0. The van der Waals surface area contributed by atoms with Crippen LogP contribution in [-0.4, -0.2) is 32.3 Å². The number of hydrogen-bond acceptors (Lipinski definition) is 6. The lowest BCUT2D eigenvalue weighted by molar-refractivity contribution is 0.101. The summed E-state index contributed by atoms with van der Waals surface area (Å²) in [5.41, 5.74) is 0.272. The quantitative estimate of drug-likeness (QED) is 0.724. The minimum Gasteiger partial charge on any atom is -0.434 e. The summed E-state index contributed by atoms with van der Waals surface area (Å²) in [7, 11) is 0. The Morgan fingerprint density at radius 3 is 3.05 bits per heavy atom. The van der Waals surface area contributed by atoms with Gasteiger partial charge in [-0.25, -0.2) is 9.59 Å². The Bertz CT molecular complexity index is 901. The first kappa shape index (κ1) is 13.4. The summed E-state index contributed by atoms with van der Waals surface area (Å²) >= 11 is 5.94. The maximum atomic E-state index is 11.9. The number of rotatable bonds is 2. The van der Waals surface area contributed by atoms with Crippen molar-refractivity contribution in [2.24, 2.45) is 0 Å². The topological polar surface area (TPSA) is 98.6 Å². The molecule has 0 saturated heterocycles. The number of nitrogens with one attached hydrogen (secondary N) is 1. The molecule has 2 heterocycles. The number of fused-ring (bicyclic) bond motifs is 3. The molecule has 0 saturated carbocycles. The highest BCUT2D eigenvalue weighted by Crippen LogP contribution is 2.21. The van der Waals surface area contributed by atoms with Crippen molar-refractivity contribution in [3.63, 3.8) is 0 Å². The Balaban J connectivity index is 2.17. The van der Waals surface area contributed by atoms with Gasteiger partial charge in [-0.05, 0) is 25.1 Å². The number of aromatic amines is 1.